The highest BCUT2D eigenvalue weighted by molar-refractivity contribution is 7.99. The van der Waals surface area contributed by atoms with Gasteiger partial charge < -0.3 is 5.32 Å². The molecule has 1 saturated heterocycles. The summed E-state index contributed by atoms with van der Waals surface area (Å²) in [6, 6.07) is 6.27. The van der Waals surface area contributed by atoms with Gasteiger partial charge >= 0.3 is 0 Å². The fourth-order valence-corrected chi connectivity index (χ4v) is 2.82. The molecule has 1 aliphatic rings. The molecule has 1 aromatic rings. The number of hydrogen-bond donors (Lipinski definition) is 1. The molecule has 78 valence electrons. The molecule has 1 atom stereocenters. The SMILES string of the molecule is Cc1cc(C#N)cc(NC2CCSC2)n1. The molecule has 15 heavy (non-hydrogen) atoms. The summed E-state index contributed by atoms with van der Waals surface area (Å²) in [5, 5.41) is 12.2. The average molecular weight is 219 g/mol. The zero-order chi connectivity index (χ0) is 10.7. The molecule has 2 rings (SSSR count). The minimum Gasteiger partial charge on any atom is -0.366 e. The Morgan fingerprint density at radius 3 is 3.13 bits per heavy atom. The lowest BCUT2D eigenvalue weighted by Crippen LogP contribution is -2.19. The molecule has 0 spiro atoms. The first kappa shape index (κ1) is 10.3. The lowest BCUT2D eigenvalue weighted by molar-refractivity contribution is 0.805. The van der Waals surface area contributed by atoms with E-state index < -0.39 is 0 Å². The Morgan fingerprint density at radius 1 is 1.60 bits per heavy atom. The van der Waals surface area contributed by atoms with Crippen molar-refractivity contribution in [1.29, 1.82) is 5.26 Å². The minimum atomic E-state index is 0.510. The number of aromatic nitrogens is 1. The van der Waals surface area contributed by atoms with Crippen molar-refractivity contribution >= 4 is 17.6 Å². The van der Waals surface area contributed by atoms with Gasteiger partial charge in [-0.15, -0.1) is 0 Å². The van der Waals surface area contributed by atoms with Crippen LogP contribution < -0.4 is 5.32 Å². The van der Waals surface area contributed by atoms with Gasteiger partial charge in [0.25, 0.3) is 0 Å². The van der Waals surface area contributed by atoms with Gasteiger partial charge in [-0.2, -0.15) is 17.0 Å². The maximum absolute atomic E-state index is 8.84. The number of pyridine rings is 1. The Labute approximate surface area is 93.9 Å². The van der Waals surface area contributed by atoms with Crippen molar-refractivity contribution in [2.75, 3.05) is 16.8 Å². The Bertz CT molecular complexity index is 391. The van der Waals surface area contributed by atoms with E-state index in [0.717, 1.165) is 17.3 Å². The molecule has 1 fully saturated rings. The smallest absolute Gasteiger partial charge is 0.127 e. The van der Waals surface area contributed by atoms with E-state index in [9.17, 15) is 0 Å². The lowest BCUT2D eigenvalue weighted by Gasteiger charge is -2.12. The molecule has 0 saturated carbocycles. The number of rotatable bonds is 2. The van der Waals surface area contributed by atoms with Gasteiger partial charge in [-0.25, -0.2) is 4.98 Å². The molecule has 0 aromatic carbocycles. The largest absolute Gasteiger partial charge is 0.366 e. The molecule has 0 amide bonds. The Kier molecular flexibility index (Phi) is 3.12. The summed E-state index contributed by atoms with van der Waals surface area (Å²) in [5.74, 6) is 3.19. The van der Waals surface area contributed by atoms with E-state index in [1.807, 2.05) is 24.8 Å². The number of hydrogen-bond acceptors (Lipinski definition) is 4. The first-order chi connectivity index (χ1) is 7.28. The van der Waals surface area contributed by atoms with E-state index in [0.29, 0.717) is 11.6 Å². The van der Waals surface area contributed by atoms with E-state index in [1.54, 1.807) is 6.07 Å². The number of thioether (sulfide) groups is 1. The molecule has 0 bridgehead atoms. The quantitative estimate of drug-likeness (QED) is 0.828. The van der Waals surface area contributed by atoms with Crippen molar-refractivity contribution in [2.45, 2.75) is 19.4 Å². The van der Waals surface area contributed by atoms with Crippen molar-refractivity contribution in [3.63, 3.8) is 0 Å². The molecule has 1 N–H and O–H groups in total. The van der Waals surface area contributed by atoms with Gasteiger partial charge in [0.05, 0.1) is 11.6 Å². The predicted molar refractivity (Wildman–Crippen MR) is 63.0 cm³/mol. The zero-order valence-corrected chi connectivity index (χ0v) is 9.47. The van der Waals surface area contributed by atoms with E-state index in [-0.39, 0.29) is 0 Å². The molecule has 0 aliphatic carbocycles. The van der Waals surface area contributed by atoms with Gasteiger partial charge in [-0.1, -0.05) is 0 Å². The third kappa shape index (κ3) is 2.63. The van der Waals surface area contributed by atoms with Crippen LogP contribution in [0.5, 0.6) is 0 Å². The minimum absolute atomic E-state index is 0.510. The van der Waals surface area contributed by atoms with Crippen LogP contribution >= 0.6 is 11.8 Å². The Hall–Kier alpha value is -1.21. The molecule has 2 heterocycles. The third-order valence-corrected chi connectivity index (χ3v) is 3.53. The summed E-state index contributed by atoms with van der Waals surface area (Å²) in [5.41, 5.74) is 1.57. The van der Waals surface area contributed by atoms with E-state index in [1.165, 1.54) is 12.2 Å². The van der Waals surface area contributed by atoms with E-state index in [4.69, 9.17) is 5.26 Å². The summed E-state index contributed by atoms with van der Waals surface area (Å²) in [6.45, 7) is 1.91. The van der Waals surface area contributed by atoms with Gasteiger partial charge in [0, 0.05) is 17.5 Å². The second-order valence-electron chi connectivity index (χ2n) is 3.70. The van der Waals surface area contributed by atoms with Gasteiger partial charge in [0.1, 0.15) is 5.82 Å². The lowest BCUT2D eigenvalue weighted by atomic mass is 10.2. The van der Waals surface area contributed by atoms with Gasteiger partial charge in [0.15, 0.2) is 0 Å². The number of nitriles is 1. The maximum Gasteiger partial charge on any atom is 0.127 e. The highest BCUT2D eigenvalue weighted by atomic mass is 32.2. The Balaban J connectivity index is 2.13. The monoisotopic (exact) mass is 219 g/mol. The van der Waals surface area contributed by atoms with Crippen LogP contribution in [0.25, 0.3) is 0 Å². The van der Waals surface area contributed by atoms with Crippen LogP contribution in [0.3, 0.4) is 0 Å². The van der Waals surface area contributed by atoms with E-state index in [2.05, 4.69) is 16.4 Å². The van der Waals surface area contributed by atoms with Gasteiger partial charge in [0.2, 0.25) is 0 Å². The number of anilines is 1. The van der Waals surface area contributed by atoms with E-state index >= 15 is 0 Å². The molecule has 3 nitrogen and oxygen atoms in total. The predicted octanol–water partition coefficient (Wildman–Crippen LogP) is 2.18. The summed E-state index contributed by atoms with van der Waals surface area (Å²) < 4.78 is 0. The van der Waals surface area contributed by atoms with Gasteiger partial charge in [-0.05, 0) is 31.2 Å². The highest BCUT2D eigenvalue weighted by Gasteiger charge is 2.15. The van der Waals surface area contributed by atoms with Gasteiger partial charge in [-0.3, -0.25) is 0 Å². The van der Waals surface area contributed by atoms with Crippen molar-refractivity contribution in [1.82, 2.24) is 4.98 Å². The fourth-order valence-electron chi connectivity index (χ4n) is 1.66. The summed E-state index contributed by atoms with van der Waals surface area (Å²) in [4.78, 5) is 4.37. The summed E-state index contributed by atoms with van der Waals surface area (Å²) in [6.07, 6.45) is 1.18. The molecular formula is C11H13N3S. The number of aryl methyl sites for hydroxylation is 1. The van der Waals surface area contributed by atoms with Crippen LogP contribution in [0.1, 0.15) is 17.7 Å². The third-order valence-electron chi connectivity index (χ3n) is 2.36. The summed E-state index contributed by atoms with van der Waals surface area (Å²) in [7, 11) is 0. The average Bonchev–Trinajstić information content (AvgIpc) is 2.69. The number of nitrogens with zero attached hydrogens (tertiary/aromatic N) is 2. The number of nitrogens with one attached hydrogen (secondary N) is 1. The summed E-state index contributed by atoms with van der Waals surface area (Å²) >= 11 is 1.96. The van der Waals surface area contributed by atoms with Crippen molar-refractivity contribution in [2.24, 2.45) is 0 Å². The molecular weight excluding hydrogens is 206 g/mol. The molecule has 0 radical (unpaired) electrons. The van der Waals surface area contributed by atoms with Crippen LogP contribution in [-0.2, 0) is 0 Å². The maximum atomic E-state index is 8.84. The van der Waals surface area contributed by atoms with Crippen LogP contribution in [0.4, 0.5) is 5.82 Å². The first-order valence-corrected chi connectivity index (χ1v) is 6.16. The van der Waals surface area contributed by atoms with Crippen LogP contribution in [-0.4, -0.2) is 22.5 Å². The molecule has 1 aromatic heterocycles. The molecule has 1 aliphatic heterocycles. The van der Waals surface area contributed by atoms with Crippen LogP contribution in [0, 0.1) is 18.3 Å². The standard InChI is InChI=1S/C11H13N3S/c1-8-4-9(6-12)5-11(13-8)14-10-2-3-15-7-10/h4-5,10H,2-3,7H2,1H3,(H,13,14). The van der Waals surface area contributed by atoms with Crippen molar-refractivity contribution in [3.8, 4) is 6.07 Å². The topological polar surface area (TPSA) is 48.7 Å². The van der Waals surface area contributed by atoms with Crippen LogP contribution in [0.15, 0.2) is 12.1 Å². The fraction of sp³-hybridized carbons (Fsp3) is 0.455. The molecule has 4 heteroatoms. The Morgan fingerprint density at radius 2 is 2.47 bits per heavy atom. The normalized spacial score (nSPS) is 19.9. The zero-order valence-electron chi connectivity index (χ0n) is 8.66. The first-order valence-electron chi connectivity index (χ1n) is 5.01. The van der Waals surface area contributed by atoms with Crippen molar-refractivity contribution < 1.29 is 0 Å². The second kappa shape index (κ2) is 4.54. The molecule has 1 unspecified atom stereocenters. The van der Waals surface area contributed by atoms with Crippen LogP contribution in [0.2, 0.25) is 0 Å². The second-order valence-corrected chi connectivity index (χ2v) is 4.85. The van der Waals surface area contributed by atoms with Crippen molar-refractivity contribution in [3.05, 3.63) is 23.4 Å². The highest BCUT2D eigenvalue weighted by Crippen LogP contribution is 2.21.